The van der Waals surface area contributed by atoms with Crippen molar-refractivity contribution in [3.63, 3.8) is 0 Å². The van der Waals surface area contributed by atoms with E-state index in [1.54, 1.807) is 17.5 Å². The minimum absolute atomic E-state index is 0.0246. The van der Waals surface area contributed by atoms with Crippen molar-refractivity contribution in [2.24, 2.45) is 17.3 Å². The van der Waals surface area contributed by atoms with Gasteiger partial charge in [0.05, 0.1) is 4.88 Å². The molecule has 2 nitrogen and oxygen atoms in total. The molecule has 3 aliphatic carbocycles. The van der Waals surface area contributed by atoms with E-state index in [9.17, 15) is 22.8 Å². The van der Waals surface area contributed by atoms with Crippen molar-refractivity contribution in [3.05, 3.63) is 34.5 Å². The number of allylic oxidation sites excluding steroid dienone is 2. The molecule has 4 rings (SSSR count). The van der Waals surface area contributed by atoms with Crippen molar-refractivity contribution in [2.45, 2.75) is 25.4 Å². The quantitative estimate of drug-likeness (QED) is 0.479. The molecule has 3 atom stereocenters. The molecule has 0 amide bonds. The molecular formula is C15H13F3O2S. The van der Waals surface area contributed by atoms with Crippen molar-refractivity contribution >= 4 is 22.9 Å². The molecule has 0 saturated heterocycles. The molecule has 0 aromatic carbocycles. The number of fused-ring (bicyclic) bond motifs is 2. The summed E-state index contributed by atoms with van der Waals surface area (Å²) in [6.45, 7) is 0. The van der Waals surface area contributed by atoms with Gasteiger partial charge in [-0.15, -0.1) is 11.3 Å². The molecule has 112 valence electrons. The second-order valence-corrected chi connectivity index (χ2v) is 6.59. The molecule has 21 heavy (non-hydrogen) atoms. The van der Waals surface area contributed by atoms with Crippen LogP contribution in [0.2, 0.25) is 0 Å². The van der Waals surface area contributed by atoms with Crippen LogP contribution in [0.15, 0.2) is 29.7 Å². The molecule has 0 unspecified atom stereocenters. The van der Waals surface area contributed by atoms with E-state index in [1.807, 2.05) is 6.08 Å². The lowest BCUT2D eigenvalue weighted by molar-refractivity contribution is -0.183. The molecular weight excluding hydrogens is 301 g/mol. The van der Waals surface area contributed by atoms with E-state index in [4.69, 9.17) is 0 Å². The van der Waals surface area contributed by atoms with Crippen LogP contribution in [0.1, 0.15) is 28.9 Å². The lowest BCUT2D eigenvalue weighted by Gasteiger charge is -2.46. The first-order valence-corrected chi connectivity index (χ1v) is 7.62. The van der Waals surface area contributed by atoms with Crippen LogP contribution in [0.5, 0.6) is 0 Å². The minimum Gasteiger partial charge on any atom is -0.292 e. The average molecular weight is 314 g/mol. The van der Waals surface area contributed by atoms with Gasteiger partial charge in [-0.2, -0.15) is 13.2 Å². The standard InChI is InChI=1S/C15H13F3O2S/c16-15(17,18)13(20)14(12(19)11-2-1-7-21-11)8-9-3-5-10(14)6-4-9/h1-3,5,7,9-10H,4,6,8H2/t9-,10+,14-/m1/s1. The van der Waals surface area contributed by atoms with Crippen LogP contribution in [0.25, 0.3) is 0 Å². The van der Waals surface area contributed by atoms with Gasteiger partial charge in [0, 0.05) is 0 Å². The maximum absolute atomic E-state index is 13.1. The van der Waals surface area contributed by atoms with Crippen LogP contribution < -0.4 is 0 Å². The Hall–Kier alpha value is -1.43. The highest BCUT2D eigenvalue weighted by molar-refractivity contribution is 7.12. The summed E-state index contributed by atoms with van der Waals surface area (Å²) in [5.74, 6) is -3.32. The molecule has 3 aliphatic rings. The number of halogens is 3. The molecule has 1 heterocycles. The minimum atomic E-state index is -4.99. The highest BCUT2D eigenvalue weighted by Gasteiger charge is 2.62. The Morgan fingerprint density at radius 1 is 1.24 bits per heavy atom. The zero-order chi connectivity index (χ0) is 15.3. The first-order valence-electron chi connectivity index (χ1n) is 6.74. The van der Waals surface area contributed by atoms with Gasteiger partial charge in [0.2, 0.25) is 0 Å². The van der Waals surface area contributed by atoms with Gasteiger partial charge in [0.25, 0.3) is 5.78 Å². The highest BCUT2D eigenvalue weighted by Crippen LogP contribution is 2.53. The van der Waals surface area contributed by atoms with Crippen molar-refractivity contribution in [2.75, 3.05) is 0 Å². The first-order chi connectivity index (χ1) is 9.85. The number of thiophene rings is 1. The Bertz CT molecular complexity index is 603. The SMILES string of the molecule is O=C(c1cccs1)[C@@]1(C(=O)C(F)(F)F)C[C@@H]2C=C[C@H]1CC2. The lowest BCUT2D eigenvalue weighted by Crippen LogP contribution is -2.54. The van der Waals surface area contributed by atoms with Crippen molar-refractivity contribution in [3.8, 4) is 0 Å². The molecule has 6 heteroatoms. The largest absolute Gasteiger partial charge is 0.451 e. The van der Waals surface area contributed by atoms with Crippen molar-refractivity contribution < 1.29 is 22.8 Å². The van der Waals surface area contributed by atoms with E-state index in [-0.39, 0.29) is 17.2 Å². The van der Waals surface area contributed by atoms with E-state index in [0.29, 0.717) is 6.42 Å². The number of carbonyl (C=O) groups is 2. The van der Waals surface area contributed by atoms with Crippen molar-refractivity contribution in [1.29, 1.82) is 0 Å². The topological polar surface area (TPSA) is 34.1 Å². The monoisotopic (exact) mass is 314 g/mol. The molecule has 0 radical (unpaired) electrons. The van der Waals surface area contributed by atoms with E-state index in [2.05, 4.69) is 0 Å². The summed E-state index contributed by atoms with van der Waals surface area (Å²) in [5.41, 5.74) is -1.96. The molecule has 0 spiro atoms. The Morgan fingerprint density at radius 2 is 2.00 bits per heavy atom. The summed E-state index contributed by atoms with van der Waals surface area (Å²) in [7, 11) is 0. The normalized spacial score (nSPS) is 31.4. The fraction of sp³-hybridized carbons (Fsp3) is 0.467. The summed E-state index contributed by atoms with van der Waals surface area (Å²) in [5, 5.41) is 1.63. The van der Waals surface area contributed by atoms with Crippen LogP contribution in [0.4, 0.5) is 13.2 Å². The Balaban J connectivity index is 2.10. The smallest absolute Gasteiger partial charge is 0.292 e. The third-order valence-electron chi connectivity index (χ3n) is 4.49. The van der Waals surface area contributed by atoms with Gasteiger partial charge in [-0.25, -0.2) is 0 Å². The molecule has 0 aliphatic heterocycles. The van der Waals surface area contributed by atoms with Gasteiger partial charge < -0.3 is 0 Å². The first kappa shape index (κ1) is 14.5. The lowest BCUT2D eigenvalue weighted by atomic mass is 9.55. The summed E-state index contributed by atoms with van der Waals surface area (Å²) in [4.78, 5) is 25.0. The van der Waals surface area contributed by atoms with Gasteiger partial charge in [-0.05, 0) is 42.5 Å². The molecule has 1 aromatic heterocycles. The number of Topliss-reactive ketones (excluding diaryl/α,β-unsaturated/α-hetero) is 2. The molecule has 1 saturated carbocycles. The maximum atomic E-state index is 13.1. The van der Waals surface area contributed by atoms with Crippen LogP contribution in [-0.2, 0) is 4.79 Å². The predicted molar refractivity (Wildman–Crippen MR) is 72.1 cm³/mol. The summed E-state index contributed by atoms with van der Waals surface area (Å²) in [6, 6.07) is 3.10. The second-order valence-electron chi connectivity index (χ2n) is 5.64. The van der Waals surface area contributed by atoms with E-state index in [0.717, 1.165) is 17.8 Å². The molecule has 0 N–H and O–H groups in total. The number of hydrogen-bond acceptors (Lipinski definition) is 3. The van der Waals surface area contributed by atoms with Gasteiger partial charge in [-0.3, -0.25) is 9.59 Å². The second kappa shape index (κ2) is 4.80. The molecule has 1 fully saturated rings. The zero-order valence-corrected chi connectivity index (χ0v) is 11.8. The summed E-state index contributed by atoms with van der Waals surface area (Å²) < 4.78 is 39.2. The van der Waals surface area contributed by atoms with Crippen LogP contribution in [0.3, 0.4) is 0 Å². The van der Waals surface area contributed by atoms with Gasteiger partial charge in [0.15, 0.2) is 5.78 Å². The van der Waals surface area contributed by atoms with Gasteiger partial charge in [-0.1, -0.05) is 18.2 Å². The van der Waals surface area contributed by atoms with E-state index >= 15 is 0 Å². The fourth-order valence-corrected chi connectivity index (χ4v) is 4.28. The van der Waals surface area contributed by atoms with E-state index < -0.39 is 29.1 Å². The van der Waals surface area contributed by atoms with Gasteiger partial charge in [0.1, 0.15) is 5.41 Å². The fourth-order valence-electron chi connectivity index (χ4n) is 3.53. The average Bonchev–Trinajstić information content (AvgIpc) is 2.99. The molecule has 2 bridgehead atoms. The number of hydrogen-bond donors (Lipinski definition) is 0. The zero-order valence-electron chi connectivity index (χ0n) is 11.0. The summed E-state index contributed by atoms with van der Waals surface area (Å²) >= 11 is 1.09. The third kappa shape index (κ3) is 2.16. The summed E-state index contributed by atoms with van der Waals surface area (Å²) in [6.07, 6.45) is -0.335. The number of carbonyl (C=O) groups excluding carboxylic acids is 2. The van der Waals surface area contributed by atoms with Crippen LogP contribution in [-0.4, -0.2) is 17.7 Å². The predicted octanol–water partition coefficient (Wildman–Crippen LogP) is 4.03. The number of alkyl halides is 3. The Morgan fingerprint density at radius 3 is 2.43 bits per heavy atom. The number of rotatable bonds is 3. The van der Waals surface area contributed by atoms with Crippen LogP contribution in [0, 0.1) is 17.3 Å². The highest BCUT2D eigenvalue weighted by atomic mass is 32.1. The Kier molecular flexibility index (Phi) is 3.31. The van der Waals surface area contributed by atoms with Crippen LogP contribution >= 0.6 is 11.3 Å². The van der Waals surface area contributed by atoms with Crippen molar-refractivity contribution in [1.82, 2.24) is 0 Å². The van der Waals surface area contributed by atoms with Gasteiger partial charge >= 0.3 is 6.18 Å². The molecule has 1 aromatic rings. The third-order valence-corrected chi connectivity index (χ3v) is 5.36. The number of ketones is 2. The van der Waals surface area contributed by atoms with E-state index in [1.165, 1.54) is 6.07 Å². The maximum Gasteiger partial charge on any atom is 0.451 e. The Labute approximate surface area is 123 Å².